The molecule has 0 spiro atoms. The Kier molecular flexibility index (Phi) is 5.13. The minimum atomic E-state index is -0.394. The highest BCUT2D eigenvalue weighted by molar-refractivity contribution is 5.57. The van der Waals surface area contributed by atoms with Crippen LogP contribution in [0.2, 0.25) is 0 Å². The first-order valence-electron chi connectivity index (χ1n) is 8.27. The Morgan fingerprint density at radius 1 is 1.27 bits per heavy atom. The van der Waals surface area contributed by atoms with Crippen LogP contribution in [0.4, 0.5) is 11.5 Å². The minimum Gasteiger partial charge on any atom is -0.362 e. The Bertz CT molecular complexity index is 892. The van der Waals surface area contributed by atoms with Crippen molar-refractivity contribution >= 4 is 11.5 Å². The number of nitrogens with zero attached hydrogens (tertiary/aromatic N) is 5. The van der Waals surface area contributed by atoms with Gasteiger partial charge in [-0.3, -0.25) is 15.1 Å². The van der Waals surface area contributed by atoms with Crippen LogP contribution in [0.3, 0.4) is 0 Å². The number of aryl methyl sites for hydroxylation is 1. The molecule has 0 N–H and O–H groups in total. The van der Waals surface area contributed by atoms with Crippen molar-refractivity contribution < 1.29 is 4.92 Å². The van der Waals surface area contributed by atoms with Crippen LogP contribution in [0.5, 0.6) is 0 Å². The molecule has 26 heavy (non-hydrogen) atoms. The van der Waals surface area contributed by atoms with Crippen LogP contribution in [0, 0.1) is 28.9 Å². The topological polar surface area (TPSA) is 75.4 Å². The Labute approximate surface area is 152 Å². The normalized spacial score (nSPS) is 13.7. The zero-order valence-corrected chi connectivity index (χ0v) is 14.6. The number of hydrogen-bond donors (Lipinski definition) is 0. The van der Waals surface area contributed by atoms with Gasteiger partial charge < -0.3 is 9.80 Å². The number of piperazine rings is 1. The predicted octanol–water partition coefficient (Wildman–Crippen LogP) is 2.38. The number of rotatable bonds is 3. The molecule has 0 atom stereocenters. The van der Waals surface area contributed by atoms with Gasteiger partial charge in [0.1, 0.15) is 0 Å². The van der Waals surface area contributed by atoms with E-state index in [1.165, 1.54) is 6.07 Å². The maximum absolute atomic E-state index is 11.2. The average molecular weight is 349 g/mol. The summed E-state index contributed by atoms with van der Waals surface area (Å²) in [5.74, 6) is 6.62. The lowest BCUT2D eigenvalue weighted by Gasteiger charge is -2.35. The van der Waals surface area contributed by atoms with E-state index in [0.717, 1.165) is 16.8 Å². The Morgan fingerprint density at radius 2 is 2.04 bits per heavy atom. The van der Waals surface area contributed by atoms with Gasteiger partial charge in [-0.15, -0.1) is 0 Å². The first-order chi connectivity index (χ1) is 12.6. The Hall–Kier alpha value is -3.40. The molecule has 7 nitrogen and oxygen atoms in total. The van der Waals surface area contributed by atoms with E-state index in [9.17, 15) is 10.1 Å². The van der Waals surface area contributed by atoms with E-state index in [-0.39, 0.29) is 5.69 Å². The third kappa shape index (κ3) is 3.81. The van der Waals surface area contributed by atoms with Gasteiger partial charge in [-0.1, -0.05) is 12.5 Å². The molecule has 0 bridgehead atoms. The SMILES string of the molecule is C=C(C#Cc1cnccc1C)N1CCN(c2ncccc2[N+](=O)[O-])CC1. The van der Waals surface area contributed by atoms with Gasteiger partial charge >= 0.3 is 5.69 Å². The molecule has 1 aliphatic rings. The molecule has 2 aromatic rings. The van der Waals surface area contributed by atoms with Crippen molar-refractivity contribution in [2.24, 2.45) is 0 Å². The van der Waals surface area contributed by atoms with Crippen molar-refractivity contribution in [1.82, 2.24) is 14.9 Å². The first kappa shape index (κ1) is 17.4. The van der Waals surface area contributed by atoms with E-state index in [2.05, 4.69) is 33.3 Å². The number of nitro groups is 1. The van der Waals surface area contributed by atoms with Gasteiger partial charge in [-0.2, -0.15) is 0 Å². The van der Waals surface area contributed by atoms with E-state index in [1.54, 1.807) is 24.7 Å². The standard InChI is InChI=1S/C19H19N5O2/c1-15-7-9-20-14-17(15)6-5-16(2)22-10-12-23(13-11-22)19-18(24(25)26)4-3-8-21-19/h3-4,7-9,14H,2,10-13H2,1H3. The second-order valence-electron chi connectivity index (χ2n) is 5.96. The van der Waals surface area contributed by atoms with Gasteiger partial charge in [0.25, 0.3) is 0 Å². The minimum absolute atomic E-state index is 0.0339. The molecule has 7 heteroatoms. The smallest absolute Gasteiger partial charge is 0.311 e. The zero-order valence-electron chi connectivity index (χ0n) is 14.6. The van der Waals surface area contributed by atoms with Crippen LogP contribution >= 0.6 is 0 Å². The highest BCUT2D eigenvalue weighted by atomic mass is 16.6. The van der Waals surface area contributed by atoms with Gasteiger partial charge in [-0.05, 0) is 30.5 Å². The fraction of sp³-hybridized carbons (Fsp3) is 0.263. The van der Waals surface area contributed by atoms with Crippen LogP contribution in [0.15, 0.2) is 49.1 Å². The van der Waals surface area contributed by atoms with E-state index in [1.807, 2.05) is 17.9 Å². The number of allylic oxidation sites excluding steroid dienone is 1. The lowest BCUT2D eigenvalue weighted by atomic mass is 10.1. The van der Waals surface area contributed by atoms with E-state index in [0.29, 0.717) is 32.0 Å². The summed E-state index contributed by atoms with van der Waals surface area (Å²) < 4.78 is 0. The molecule has 0 saturated carbocycles. The van der Waals surface area contributed by atoms with Crippen LogP contribution in [-0.2, 0) is 0 Å². The summed E-state index contributed by atoms with van der Waals surface area (Å²) in [6.45, 7) is 8.68. The molecule has 1 fully saturated rings. The van der Waals surface area contributed by atoms with Crippen molar-refractivity contribution in [1.29, 1.82) is 0 Å². The van der Waals surface area contributed by atoms with Crippen molar-refractivity contribution in [2.45, 2.75) is 6.92 Å². The summed E-state index contributed by atoms with van der Waals surface area (Å²) in [6.07, 6.45) is 5.06. The highest BCUT2D eigenvalue weighted by Gasteiger charge is 2.24. The third-order valence-electron chi connectivity index (χ3n) is 4.30. The number of hydrogen-bond acceptors (Lipinski definition) is 6. The molecule has 1 aliphatic heterocycles. The lowest BCUT2D eigenvalue weighted by molar-refractivity contribution is -0.384. The van der Waals surface area contributed by atoms with Crippen LogP contribution in [0.1, 0.15) is 11.1 Å². The summed E-state index contributed by atoms with van der Waals surface area (Å²) in [6, 6.07) is 4.98. The molecule has 0 unspecified atom stereocenters. The fourth-order valence-corrected chi connectivity index (χ4v) is 2.78. The molecule has 0 aromatic carbocycles. The molecule has 0 aliphatic carbocycles. The van der Waals surface area contributed by atoms with E-state index < -0.39 is 4.92 Å². The number of anilines is 1. The third-order valence-corrected chi connectivity index (χ3v) is 4.30. The van der Waals surface area contributed by atoms with Crippen molar-refractivity contribution in [3.05, 3.63) is 70.3 Å². The molecule has 0 radical (unpaired) electrons. The fourth-order valence-electron chi connectivity index (χ4n) is 2.78. The second kappa shape index (κ2) is 7.66. The zero-order chi connectivity index (χ0) is 18.5. The van der Waals surface area contributed by atoms with E-state index >= 15 is 0 Å². The summed E-state index contributed by atoms with van der Waals surface area (Å²) in [4.78, 5) is 23.1. The van der Waals surface area contributed by atoms with Crippen LogP contribution in [-0.4, -0.2) is 46.0 Å². The maximum atomic E-state index is 11.2. The Balaban J connectivity index is 1.65. The molecule has 2 aromatic heterocycles. The summed E-state index contributed by atoms with van der Waals surface area (Å²) in [5.41, 5.74) is 2.74. The van der Waals surface area contributed by atoms with Crippen LogP contribution in [0.25, 0.3) is 0 Å². The number of aromatic nitrogens is 2. The monoisotopic (exact) mass is 349 g/mol. The van der Waals surface area contributed by atoms with Crippen molar-refractivity contribution in [3.8, 4) is 11.8 Å². The van der Waals surface area contributed by atoms with Crippen molar-refractivity contribution in [2.75, 3.05) is 31.1 Å². The summed E-state index contributed by atoms with van der Waals surface area (Å²) >= 11 is 0. The molecule has 0 amide bonds. The van der Waals surface area contributed by atoms with Crippen molar-refractivity contribution in [3.63, 3.8) is 0 Å². The Morgan fingerprint density at radius 3 is 2.73 bits per heavy atom. The van der Waals surface area contributed by atoms with Gasteiger partial charge in [0.15, 0.2) is 0 Å². The van der Waals surface area contributed by atoms with E-state index in [4.69, 9.17) is 0 Å². The molecule has 3 rings (SSSR count). The summed E-state index contributed by atoms with van der Waals surface area (Å²) in [5, 5.41) is 11.2. The average Bonchev–Trinajstić information content (AvgIpc) is 2.67. The second-order valence-corrected chi connectivity index (χ2v) is 5.96. The summed E-state index contributed by atoms with van der Waals surface area (Å²) in [7, 11) is 0. The number of pyridine rings is 2. The lowest BCUT2D eigenvalue weighted by Crippen LogP contribution is -2.46. The predicted molar refractivity (Wildman–Crippen MR) is 99.7 cm³/mol. The van der Waals surface area contributed by atoms with Gasteiger partial charge in [0.05, 0.1) is 10.6 Å². The molecular formula is C19H19N5O2. The van der Waals surface area contributed by atoms with Crippen LogP contribution < -0.4 is 4.90 Å². The maximum Gasteiger partial charge on any atom is 0.311 e. The van der Waals surface area contributed by atoms with Gasteiger partial charge in [0.2, 0.25) is 5.82 Å². The highest BCUT2D eigenvalue weighted by Crippen LogP contribution is 2.26. The van der Waals surface area contributed by atoms with Gasteiger partial charge in [0, 0.05) is 56.4 Å². The molecule has 132 valence electrons. The van der Waals surface area contributed by atoms with Gasteiger partial charge in [-0.25, -0.2) is 4.98 Å². The molecular weight excluding hydrogens is 330 g/mol. The largest absolute Gasteiger partial charge is 0.362 e. The molecule has 3 heterocycles. The first-order valence-corrected chi connectivity index (χ1v) is 8.27. The molecule has 1 saturated heterocycles. The quantitative estimate of drug-likeness (QED) is 0.481.